The minimum atomic E-state index is -1.62. The average molecular weight is 707 g/mol. The number of carbonyl (C=O) groups is 3. The fourth-order valence-corrected chi connectivity index (χ4v) is 9.75. The minimum Gasteiger partial charge on any atom is -0.462 e. The minimum absolute atomic E-state index is 0.00430. The predicted molar refractivity (Wildman–Crippen MR) is 184 cm³/mol. The Balaban J connectivity index is 1.67. The highest BCUT2D eigenvalue weighted by molar-refractivity contribution is 5.68. The summed E-state index contributed by atoms with van der Waals surface area (Å²) < 4.78 is 38.5. The highest BCUT2D eigenvalue weighted by atomic mass is 16.6. The van der Waals surface area contributed by atoms with Gasteiger partial charge in [-0.25, -0.2) is 0 Å². The second-order valence-corrected chi connectivity index (χ2v) is 15.3. The van der Waals surface area contributed by atoms with E-state index in [9.17, 15) is 24.6 Å². The zero-order valence-electron chi connectivity index (χ0n) is 30.4. The molecule has 1 aliphatic heterocycles. The summed E-state index contributed by atoms with van der Waals surface area (Å²) in [6.45, 7) is 11.2. The molecular formula is C40H50O11. The summed E-state index contributed by atoms with van der Waals surface area (Å²) >= 11 is 0. The lowest BCUT2D eigenvalue weighted by atomic mass is 9.49. The molecule has 2 N–H and O–H groups in total. The molecule has 10 atom stereocenters. The first-order chi connectivity index (χ1) is 24.1. The van der Waals surface area contributed by atoms with Gasteiger partial charge >= 0.3 is 17.9 Å². The molecule has 11 nitrogen and oxygen atoms in total. The number of aliphatic hydroxyl groups excluding tert-OH is 1. The Bertz CT molecular complexity index is 1650. The molecule has 6 rings (SSSR count). The van der Waals surface area contributed by atoms with Gasteiger partial charge in [0.1, 0.15) is 24.4 Å². The summed E-state index contributed by atoms with van der Waals surface area (Å²) in [5.74, 6) is -2.49. The Labute approximate surface area is 299 Å². The Morgan fingerprint density at radius 1 is 0.863 bits per heavy atom. The van der Waals surface area contributed by atoms with E-state index in [1.165, 1.54) is 20.8 Å². The van der Waals surface area contributed by atoms with Gasteiger partial charge in [-0.1, -0.05) is 67.6 Å². The van der Waals surface area contributed by atoms with Crippen molar-refractivity contribution in [2.45, 2.75) is 122 Å². The van der Waals surface area contributed by atoms with Crippen LogP contribution in [0.5, 0.6) is 0 Å². The fourth-order valence-electron chi connectivity index (χ4n) is 9.75. The molecule has 0 amide bonds. The van der Waals surface area contributed by atoms with E-state index in [0.29, 0.717) is 11.1 Å². The van der Waals surface area contributed by atoms with Gasteiger partial charge in [0.25, 0.3) is 0 Å². The van der Waals surface area contributed by atoms with Gasteiger partial charge < -0.3 is 38.6 Å². The molecule has 11 heteroatoms. The maximum absolute atomic E-state index is 13.1. The van der Waals surface area contributed by atoms with Gasteiger partial charge in [0.2, 0.25) is 0 Å². The van der Waals surface area contributed by atoms with Crippen LogP contribution in [0.15, 0.2) is 71.8 Å². The quantitative estimate of drug-likeness (QED) is 0.203. The van der Waals surface area contributed by atoms with Crippen LogP contribution in [-0.4, -0.2) is 82.6 Å². The molecule has 2 aromatic rings. The SMILES string of the molecule is CC(=O)OC1CC2(C(C)(C)O)C(=C1C)C(O)C(OCc1ccccc1)C1(C)C(OC(C)=O)CC3OCC3(OC(C)=O)C1C2OCc1ccccc1. The first-order valence-corrected chi connectivity index (χ1v) is 17.6. The van der Waals surface area contributed by atoms with Crippen LogP contribution in [0.25, 0.3) is 0 Å². The Hall–Kier alpha value is -3.61. The zero-order chi connectivity index (χ0) is 36.9. The first-order valence-electron chi connectivity index (χ1n) is 17.6. The van der Waals surface area contributed by atoms with Gasteiger partial charge in [0, 0.05) is 44.9 Å². The number of hydrogen-bond donors (Lipinski definition) is 2. The second-order valence-electron chi connectivity index (χ2n) is 15.3. The predicted octanol–water partition coefficient (Wildman–Crippen LogP) is 4.60. The number of rotatable bonds is 10. The van der Waals surface area contributed by atoms with Gasteiger partial charge in [0.15, 0.2) is 5.60 Å². The van der Waals surface area contributed by atoms with Gasteiger partial charge in [-0.2, -0.15) is 0 Å². The largest absolute Gasteiger partial charge is 0.462 e. The topological polar surface area (TPSA) is 147 Å². The number of aliphatic hydroxyl groups is 2. The normalized spacial score (nSPS) is 35.7. The first kappa shape index (κ1) is 37.2. The third-order valence-electron chi connectivity index (χ3n) is 11.8. The van der Waals surface area contributed by atoms with Gasteiger partial charge in [-0.15, -0.1) is 0 Å². The van der Waals surface area contributed by atoms with Crippen LogP contribution in [0.2, 0.25) is 0 Å². The van der Waals surface area contributed by atoms with Crippen molar-refractivity contribution in [1.29, 1.82) is 0 Å². The van der Waals surface area contributed by atoms with E-state index >= 15 is 0 Å². The highest BCUT2D eigenvalue weighted by Crippen LogP contribution is 2.68. The van der Waals surface area contributed by atoms with E-state index in [4.69, 9.17) is 28.4 Å². The lowest BCUT2D eigenvalue weighted by molar-refractivity contribution is -0.358. The molecule has 0 bridgehead atoms. The molecule has 0 spiro atoms. The van der Waals surface area contributed by atoms with E-state index in [0.717, 1.165) is 11.1 Å². The van der Waals surface area contributed by atoms with Crippen molar-refractivity contribution in [2.75, 3.05) is 6.61 Å². The lowest BCUT2D eigenvalue weighted by Crippen LogP contribution is -2.79. The third kappa shape index (κ3) is 6.20. The standard InChI is InChI=1S/C40H50O11/c1-23-29(49-24(2)41)19-39(37(5,6)45)32(23)33(44)35(46-20-27-14-10-8-11-15-27)38(7)30(50-25(3)42)18-31-40(22-48-31,51-26(4)43)34(38)36(39)47-21-28-16-12-9-13-17-28/h8-17,29-31,33-36,44-45H,18-22H2,1-7H3. The molecule has 10 unspecified atom stereocenters. The molecule has 3 aliphatic carbocycles. The number of ether oxygens (including phenoxy) is 6. The van der Waals surface area contributed by atoms with Crippen molar-refractivity contribution in [1.82, 2.24) is 0 Å². The van der Waals surface area contributed by atoms with E-state index < -0.39 is 82.5 Å². The molecule has 2 saturated carbocycles. The van der Waals surface area contributed by atoms with Crippen LogP contribution in [0, 0.1) is 16.7 Å². The summed E-state index contributed by atoms with van der Waals surface area (Å²) in [4.78, 5) is 38.5. The molecule has 1 saturated heterocycles. The van der Waals surface area contributed by atoms with E-state index in [1.54, 1.807) is 20.8 Å². The van der Waals surface area contributed by atoms with Gasteiger partial charge in [-0.3, -0.25) is 14.4 Å². The van der Waals surface area contributed by atoms with Crippen molar-refractivity contribution in [2.24, 2.45) is 16.7 Å². The fraction of sp³-hybridized carbons (Fsp3) is 0.575. The molecule has 0 aromatic heterocycles. The van der Waals surface area contributed by atoms with E-state index in [-0.39, 0.29) is 32.7 Å². The second kappa shape index (κ2) is 13.7. The maximum atomic E-state index is 13.1. The summed E-state index contributed by atoms with van der Waals surface area (Å²) in [6.07, 6.45) is -5.73. The Kier molecular flexibility index (Phi) is 10.0. The van der Waals surface area contributed by atoms with Crippen molar-refractivity contribution in [3.8, 4) is 0 Å². The summed E-state index contributed by atoms with van der Waals surface area (Å²) in [6, 6.07) is 19.0. The molecule has 2 aromatic carbocycles. The molecule has 276 valence electrons. The molecule has 1 heterocycles. The van der Waals surface area contributed by atoms with Crippen LogP contribution in [-0.2, 0) is 56.0 Å². The summed E-state index contributed by atoms with van der Waals surface area (Å²) in [5.41, 5.74) is -3.01. The average Bonchev–Trinajstić information content (AvgIpc) is 3.31. The smallest absolute Gasteiger partial charge is 0.303 e. The number of fused-ring (bicyclic) bond motifs is 4. The number of esters is 3. The Morgan fingerprint density at radius 3 is 1.88 bits per heavy atom. The molecule has 3 fully saturated rings. The summed E-state index contributed by atoms with van der Waals surface area (Å²) in [7, 11) is 0. The van der Waals surface area contributed by atoms with Crippen molar-refractivity contribution >= 4 is 17.9 Å². The lowest BCUT2D eigenvalue weighted by Gasteiger charge is -2.66. The van der Waals surface area contributed by atoms with Crippen LogP contribution in [0.1, 0.15) is 72.4 Å². The number of benzene rings is 2. The zero-order valence-corrected chi connectivity index (χ0v) is 30.4. The van der Waals surface area contributed by atoms with Crippen molar-refractivity contribution < 1.29 is 53.0 Å². The third-order valence-corrected chi connectivity index (χ3v) is 11.8. The van der Waals surface area contributed by atoms with Gasteiger partial charge in [0.05, 0.1) is 43.0 Å². The van der Waals surface area contributed by atoms with Crippen LogP contribution in [0.4, 0.5) is 0 Å². The van der Waals surface area contributed by atoms with Crippen LogP contribution in [0.3, 0.4) is 0 Å². The summed E-state index contributed by atoms with van der Waals surface area (Å²) in [5, 5.41) is 25.5. The van der Waals surface area contributed by atoms with E-state index in [1.807, 2.05) is 67.6 Å². The number of carbonyl (C=O) groups excluding carboxylic acids is 3. The molecular weight excluding hydrogens is 656 g/mol. The Morgan fingerprint density at radius 2 is 1.41 bits per heavy atom. The maximum Gasteiger partial charge on any atom is 0.303 e. The monoisotopic (exact) mass is 706 g/mol. The van der Waals surface area contributed by atoms with E-state index in [2.05, 4.69) is 0 Å². The van der Waals surface area contributed by atoms with Crippen LogP contribution >= 0.6 is 0 Å². The van der Waals surface area contributed by atoms with Crippen molar-refractivity contribution in [3.63, 3.8) is 0 Å². The van der Waals surface area contributed by atoms with Gasteiger partial charge in [-0.05, 0) is 43.0 Å². The molecule has 0 radical (unpaired) electrons. The number of hydrogen-bond acceptors (Lipinski definition) is 11. The molecule has 4 aliphatic rings. The van der Waals surface area contributed by atoms with Crippen molar-refractivity contribution in [3.05, 3.63) is 82.9 Å². The highest BCUT2D eigenvalue weighted by Gasteiger charge is 2.79. The van der Waals surface area contributed by atoms with Crippen LogP contribution < -0.4 is 0 Å². The molecule has 51 heavy (non-hydrogen) atoms.